The molecule has 0 radical (unpaired) electrons. The van der Waals surface area contributed by atoms with E-state index in [0.717, 1.165) is 12.8 Å². The molecule has 20 heavy (non-hydrogen) atoms. The number of piperidine rings is 1. The van der Waals surface area contributed by atoms with Crippen molar-refractivity contribution in [2.24, 2.45) is 0 Å². The summed E-state index contributed by atoms with van der Waals surface area (Å²) in [4.78, 5) is 16.7. The Morgan fingerprint density at radius 1 is 1.30 bits per heavy atom. The number of fused-ring (bicyclic) bond motifs is 2. The second kappa shape index (κ2) is 4.88. The van der Waals surface area contributed by atoms with Crippen molar-refractivity contribution < 1.29 is 0 Å². The number of aromatic nitrogens is 2. The largest absolute Gasteiger partial charge is 0.363 e. The molecule has 3 heterocycles. The zero-order chi connectivity index (χ0) is 14.3. The Morgan fingerprint density at radius 3 is 2.55 bits per heavy atom. The molecule has 0 saturated carbocycles. The highest BCUT2D eigenvalue weighted by Crippen LogP contribution is 2.28. The third-order valence-corrected chi connectivity index (χ3v) is 4.38. The van der Waals surface area contributed by atoms with Crippen LogP contribution in [-0.4, -0.2) is 27.7 Å². The monoisotopic (exact) mass is 276 g/mol. The molecular formula is C15H24N4O. The summed E-state index contributed by atoms with van der Waals surface area (Å²) >= 11 is 0. The summed E-state index contributed by atoms with van der Waals surface area (Å²) in [5, 5.41) is 6.99. The topological polar surface area (TPSA) is 59.0 Å². The van der Waals surface area contributed by atoms with Crippen LogP contribution in [0.4, 0.5) is 5.82 Å². The zero-order valence-corrected chi connectivity index (χ0v) is 12.5. The van der Waals surface area contributed by atoms with Gasteiger partial charge >= 0.3 is 0 Å². The fraction of sp³-hybridized carbons (Fsp3) is 0.733. The van der Waals surface area contributed by atoms with Crippen molar-refractivity contribution in [2.75, 3.05) is 5.32 Å². The molecule has 1 aromatic rings. The lowest BCUT2D eigenvalue weighted by atomic mass is 10.00. The predicted octanol–water partition coefficient (Wildman–Crippen LogP) is 1.69. The van der Waals surface area contributed by atoms with Crippen LogP contribution in [0.3, 0.4) is 0 Å². The summed E-state index contributed by atoms with van der Waals surface area (Å²) < 4.78 is 1.75. The predicted molar refractivity (Wildman–Crippen MR) is 80.1 cm³/mol. The highest BCUT2D eigenvalue weighted by Gasteiger charge is 2.33. The Labute approximate surface area is 119 Å². The van der Waals surface area contributed by atoms with E-state index in [1.54, 1.807) is 17.0 Å². The van der Waals surface area contributed by atoms with Gasteiger partial charge < -0.3 is 15.2 Å². The molecule has 2 unspecified atom stereocenters. The lowest BCUT2D eigenvalue weighted by Crippen LogP contribution is -2.44. The van der Waals surface area contributed by atoms with E-state index in [4.69, 9.17) is 0 Å². The first-order valence-electron chi connectivity index (χ1n) is 7.54. The van der Waals surface area contributed by atoms with Crippen LogP contribution in [0.2, 0.25) is 0 Å². The zero-order valence-electron chi connectivity index (χ0n) is 12.5. The van der Waals surface area contributed by atoms with Crippen molar-refractivity contribution in [3.63, 3.8) is 0 Å². The maximum atomic E-state index is 12.5. The molecule has 2 N–H and O–H groups in total. The number of nitrogens with one attached hydrogen (secondary N) is 2. The first-order valence-corrected chi connectivity index (χ1v) is 7.54. The van der Waals surface area contributed by atoms with Crippen LogP contribution >= 0.6 is 0 Å². The average Bonchev–Trinajstić information content (AvgIpc) is 2.70. The summed E-state index contributed by atoms with van der Waals surface area (Å²) in [6, 6.07) is 1.59. The van der Waals surface area contributed by atoms with Gasteiger partial charge in [-0.1, -0.05) is 0 Å². The summed E-state index contributed by atoms with van der Waals surface area (Å²) in [5.74, 6) is 0.494. The second-order valence-electron chi connectivity index (χ2n) is 7.07. The number of hydrogen-bond donors (Lipinski definition) is 2. The summed E-state index contributed by atoms with van der Waals surface area (Å²) in [5.41, 5.74) is -0.241. The molecule has 0 aromatic carbocycles. The first kappa shape index (κ1) is 13.6. The Morgan fingerprint density at radius 2 is 1.95 bits per heavy atom. The highest BCUT2D eigenvalue weighted by molar-refractivity contribution is 5.33. The normalized spacial score (nSPS) is 29.4. The molecule has 1 aromatic heterocycles. The van der Waals surface area contributed by atoms with Crippen LogP contribution < -0.4 is 16.2 Å². The van der Waals surface area contributed by atoms with Gasteiger partial charge in [-0.2, -0.15) is 0 Å². The molecule has 110 valence electrons. The van der Waals surface area contributed by atoms with Gasteiger partial charge in [0.2, 0.25) is 0 Å². The van der Waals surface area contributed by atoms with Crippen LogP contribution in [0, 0.1) is 0 Å². The lowest BCUT2D eigenvalue weighted by molar-refractivity contribution is 0.371. The first-order chi connectivity index (χ1) is 9.43. The van der Waals surface area contributed by atoms with E-state index in [1.807, 2.05) is 20.8 Å². The molecule has 2 fully saturated rings. The minimum Gasteiger partial charge on any atom is -0.363 e. The number of anilines is 1. The van der Waals surface area contributed by atoms with E-state index in [-0.39, 0.29) is 11.1 Å². The van der Waals surface area contributed by atoms with Crippen LogP contribution in [0.5, 0.6) is 0 Å². The van der Waals surface area contributed by atoms with E-state index in [2.05, 4.69) is 15.6 Å². The molecule has 2 aliphatic rings. The average molecular weight is 276 g/mol. The number of hydrogen-bond acceptors (Lipinski definition) is 4. The van der Waals surface area contributed by atoms with Crippen molar-refractivity contribution in [1.29, 1.82) is 0 Å². The molecule has 3 rings (SSSR count). The van der Waals surface area contributed by atoms with Crippen LogP contribution in [0.25, 0.3) is 0 Å². The van der Waals surface area contributed by atoms with Crippen molar-refractivity contribution in [2.45, 2.75) is 70.1 Å². The van der Waals surface area contributed by atoms with E-state index >= 15 is 0 Å². The van der Waals surface area contributed by atoms with Crippen molar-refractivity contribution >= 4 is 5.82 Å². The summed E-state index contributed by atoms with van der Waals surface area (Å²) in [7, 11) is 0. The van der Waals surface area contributed by atoms with Crippen molar-refractivity contribution in [1.82, 2.24) is 14.9 Å². The fourth-order valence-corrected chi connectivity index (χ4v) is 3.41. The molecule has 2 bridgehead atoms. The number of rotatable bonds is 2. The summed E-state index contributed by atoms with van der Waals surface area (Å²) in [6.07, 6.45) is 8.17. The minimum atomic E-state index is -0.219. The fourth-order valence-electron chi connectivity index (χ4n) is 3.41. The second-order valence-corrected chi connectivity index (χ2v) is 7.07. The minimum absolute atomic E-state index is 0.0223. The van der Waals surface area contributed by atoms with E-state index in [9.17, 15) is 4.79 Å². The Kier molecular flexibility index (Phi) is 3.32. The molecule has 0 amide bonds. The maximum Gasteiger partial charge on any atom is 0.293 e. The molecule has 2 saturated heterocycles. The Balaban J connectivity index is 1.80. The number of nitrogens with zero attached hydrogens (tertiary/aromatic N) is 2. The molecule has 0 spiro atoms. The van der Waals surface area contributed by atoms with Gasteiger partial charge in [0.1, 0.15) is 0 Å². The van der Waals surface area contributed by atoms with Gasteiger partial charge in [0, 0.05) is 36.1 Å². The van der Waals surface area contributed by atoms with Gasteiger partial charge in [-0.05, 0) is 46.5 Å². The molecule has 5 heteroatoms. The highest BCUT2D eigenvalue weighted by atomic mass is 16.1. The lowest BCUT2D eigenvalue weighted by Gasteiger charge is -2.30. The summed E-state index contributed by atoms with van der Waals surface area (Å²) in [6.45, 7) is 6.09. The smallest absolute Gasteiger partial charge is 0.293 e. The van der Waals surface area contributed by atoms with Crippen LogP contribution in [0.1, 0.15) is 46.5 Å². The standard InChI is InChI=1S/C15H24N4O/c1-15(2,3)19-7-6-16-13(14(19)20)18-12-8-10-4-5-11(9-12)17-10/h6-7,10-12,17H,4-5,8-9H2,1-3H3,(H,16,18). The third-order valence-electron chi connectivity index (χ3n) is 4.38. The molecule has 5 nitrogen and oxygen atoms in total. The van der Waals surface area contributed by atoms with Crippen molar-refractivity contribution in [3.8, 4) is 0 Å². The maximum absolute atomic E-state index is 12.5. The quantitative estimate of drug-likeness (QED) is 0.863. The van der Waals surface area contributed by atoms with Crippen LogP contribution in [-0.2, 0) is 5.54 Å². The Hall–Kier alpha value is -1.36. The molecule has 0 aliphatic carbocycles. The van der Waals surface area contributed by atoms with Gasteiger partial charge in [-0.15, -0.1) is 0 Å². The van der Waals surface area contributed by atoms with Gasteiger partial charge in [-0.3, -0.25) is 4.79 Å². The van der Waals surface area contributed by atoms with Gasteiger partial charge in [0.25, 0.3) is 5.56 Å². The van der Waals surface area contributed by atoms with Gasteiger partial charge in [-0.25, -0.2) is 4.98 Å². The van der Waals surface area contributed by atoms with Crippen LogP contribution in [0.15, 0.2) is 17.2 Å². The third kappa shape index (κ3) is 2.59. The molecular weight excluding hydrogens is 252 g/mol. The van der Waals surface area contributed by atoms with E-state index < -0.39 is 0 Å². The molecule has 2 atom stereocenters. The van der Waals surface area contributed by atoms with Crippen molar-refractivity contribution in [3.05, 3.63) is 22.7 Å². The van der Waals surface area contributed by atoms with E-state index in [0.29, 0.717) is 23.9 Å². The molecule has 2 aliphatic heterocycles. The SMILES string of the molecule is CC(C)(C)n1ccnc(NC2CC3CCC(C2)N3)c1=O. The van der Waals surface area contributed by atoms with E-state index in [1.165, 1.54) is 12.8 Å². The Bertz CT molecular complexity index is 534. The van der Waals surface area contributed by atoms with Gasteiger partial charge in [0.05, 0.1) is 0 Å². The van der Waals surface area contributed by atoms with Gasteiger partial charge in [0.15, 0.2) is 5.82 Å².